The predicted molar refractivity (Wildman–Crippen MR) is 75.2 cm³/mol. The Balaban J connectivity index is 1.75. The number of hydrogen-bond acceptors (Lipinski definition) is 5. The zero-order valence-electron chi connectivity index (χ0n) is 11.9. The van der Waals surface area contributed by atoms with Crippen molar-refractivity contribution >= 4 is 17.7 Å². The van der Waals surface area contributed by atoms with E-state index in [-0.39, 0.29) is 25.7 Å². The van der Waals surface area contributed by atoms with Crippen LogP contribution in [0.25, 0.3) is 0 Å². The van der Waals surface area contributed by atoms with Gasteiger partial charge in [-0.25, -0.2) is 0 Å². The molecule has 1 unspecified atom stereocenters. The van der Waals surface area contributed by atoms with Crippen molar-refractivity contribution in [3.8, 4) is 0 Å². The number of fused-ring (bicyclic) bond motifs is 1. The zero-order valence-corrected chi connectivity index (χ0v) is 11.9. The van der Waals surface area contributed by atoms with Gasteiger partial charge in [0.15, 0.2) is 0 Å². The lowest BCUT2D eigenvalue weighted by atomic mass is 10.1. The molecule has 3 amide bonds. The van der Waals surface area contributed by atoms with E-state index in [4.69, 9.17) is 4.74 Å². The van der Waals surface area contributed by atoms with Crippen molar-refractivity contribution in [1.82, 2.24) is 9.80 Å². The van der Waals surface area contributed by atoms with Crippen molar-refractivity contribution in [1.29, 1.82) is 0 Å². The second kappa shape index (κ2) is 5.86. The number of rotatable bonds is 3. The minimum atomic E-state index is -0.456. The fourth-order valence-electron chi connectivity index (χ4n) is 2.74. The highest BCUT2D eigenvalue weighted by molar-refractivity contribution is 6.22. The van der Waals surface area contributed by atoms with Gasteiger partial charge in [0.25, 0.3) is 11.8 Å². The second-order valence-electron chi connectivity index (χ2n) is 5.24. The van der Waals surface area contributed by atoms with E-state index in [0.717, 1.165) is 4.90 Å². The van der Waals surface area contributed by atoms with Crippen LogP contribution >= 0.6 is 0 Å². The smallest absolute Gasteiger partial charge is 0.262 e. The third-order valence-electron chi connectivity index (χ3n) is 3.93. The van der Waals surface area contributed by atoms with Crippen molar-refractivity contribution < 1.29 is 24.2 Å². The third-order valence-corrected chi connectivity index (χ3v) is 3.93. The summed E-state index contributed by atoms with van der Waals surface area (Å²) in [6.07, 6.45) is 0. The molecule has 2 heterocycles. The average Bonchev–Trinajstić information content (AvgIpc) is 2.80. The fourth-order valence-corrected chi connectivity index (χ4v) is 2.74. The van der Waals surface area contributed by atoms with Crippen LogP contribution in [0.5, 0.6) is 0 Å². The van der Waals surface area contributed by atoms with Crippen LogP contribution < -0.4 is 0 Å². The summed E-state index contributed by atoms with van der Waals surface area (Å²) in [5.41, 5.74) is 0.641. The fraction of sp³-hybridized carbons (Fsp3) is 0.400. The molecule has 1 aromatic rings. The van der Waals surface area contributed by atoms with Gasteiger partial charge in [0.1, 0.15) is 6.54 Å². The molecular weight excluding hydrogens is 288 g/mol. The molecule has 116 valence electrons. The Labute approximate surface area is 127 Å². The summed E-state index contributed by atoms with van der Waals surface area (Å²) in [5.74, 6) is -1.28. The minimum absolute atomic E-state index is 0.214. The molecule has 0 bridgehead atoms. The molecule has 1 aromatic carbocycles. The van der Waals surface area contributed by atoms with Gasteiger partial charge in [-0.15, -0.1) is 0 Å². The number of ether oxygens (including phenoxy) is 1. The first kappa shape index (κ1) is 14.7. The molecule has 3 rings (SSSR count). The molecule has 1 atom stereocenters. The third kappa shape index (κ3) is 2.38. The molecule has 22 heavy (non-hydrogen) atoms. The number of carbonyl (C=O) groups excluding carboxylic acids is 3. The highest BCUT2D eigenvalue weighted by Gasteiger charge is 2.38. The van der Waals surface area contributed by atoms with E-state index >= 15 is 0 Å². The van der Waals surface area contributed by atoms with Crippen molar-refractivity contribution in [3.63, 3.8) is 0 Å². The highest BCUT2D eigenvalue weighted by atomic mass is 16.5. The number of benzene rings is 1. The Bertz CT molecular complexity index is 595. The number of carbonyl (C=O) groups is 3. The van der Waals surface area contributed by atoms with E-state index in [9.17, 15) is 19.5 Å². The summed E-state index contributed by atoms with van der Waals surface area (Å²) in [4.78, 5) is 39.3. The van der Waals surface area contributed by atoms with Crippen LogP contribution in [-0.2, 0) is 9.53 Å². The van der Waals surface area contributed by atoms with Crippen molar-refractivity contribution in [2.24, 2.45) is 0 Å². The lowest BCUT2D eigenvalue weighted by Crippen LogP contribution is -2.53. The maximum atomic E-state index is 12.4. The Morgan fingerprint density at radius 1 is 1.23 bits per heavy atom. The lowest BCUT2D eigenvalue weighted by Gasteiger charge is -2.35. The molecule has 7 nitrogen and oxygen atoms in total. The zero-order chi connectivity index (χ0) is 15.7. The van der Waals surface area contributed by atoms with Crippen LogP contribution in [0.3, 0.4) is 0 Å². The standard InChI is InChI=1S/C15H16N2O5/c18-8-10-9-22-6-5-16(10)13(19)7-17-14(20)11-3-1-2-4-12(11)15(17)21/h1-4,10,18H,5-9H2. The van der Waals surface area contributed by atoms with E-state index < -0.39 is 17.9 Å². The summed E-state index contributed by atoms with van der Waals surface area (Å²) >= 11 is 0. The Kier molecular flexibility index (Phi) is 3.91. The van der Waals surface area contributed by atoms with Gasteiger partial charge in [-0.2, -0.15) is 0 Å². The van der Waals surface area contributed by atoms with Crippen LogP contribution in [0.15, 0.2) is 24.3 Å². The van der Waals surface area contributed by atoms with Crippen LogP contribution in [0, 0.1) is 0 Å². The summed E-state index contributed by atoms with van der Waals surface area (Å²) in [7, 11) is 0. The molecule has 7 heteroatoms. The summed E-state index contributed by atoms with van der Waals surface area (Å²) in [6.45, 7) is 0.443. The Hall–Kier alpha value is -2.25. The number of aliphatic hydroxyl groups is 1. The van der Waals surface area contributed by atoms with Crippen molar-refractivity contribution in [2.75, 3.05) is 32.9 Å². The second-order valence-corrected chi connectivity index (χ2v) is 5.24. The molecule has 1 N–H and O–H groups in total. The molecule has 0 aromatic heterocycles. The van der Waals surface area contributed by atoms with Crippen LogP contribution in [0.1, 0.15) is 20.7 Å². The number of amides is 3. The van der Waals surface area contributed by atoms with Gasteiger partial charge in [0.2, 0.25) is 5.91 Å². The molecule has 1 saturated heterocycles. The van der Waals surface area contributed by atoms with E-state index in [1.54, 1.807) is 24.3 Å². The number of imide groups is 1. The van der Waals surface area contributed by atoms with Gasteiger partial charge < -0.3 is 14.7 Å². The van der Waals surface area contributed by atoms with Gasteiger partial charge in [-0.05, 0) is 12.1 Å². The SMILES string of the molecule is O=C1c2ccccc2C(=O)N1CC(=O)N1CCOCC1CO. The number of aliphatic hydroxyl groups excluding tert-OH is 1. The Morgan fingerprint density at radius 2 is 1.86 bits per heavy atom. The van der Waals surface area contributed by atoms with Crippen LogP contribution in [0.4, 0.5) is 0 Å². The largest absolute Gasteiger partial charge is 0.394 e. The van der Waals surface area contributed by atoms with E-state index in [1.165, 1.54) is 4.90 Å². The minimum Gasteiger partial charge on any atom is -0.394 e. The van der Waals surface area contributed by atoms with Gasteiger partial charge >= 0.3 is 0 Å². The first-order chi connectivity index (χ1) is 10.6. The summed E-state index contributed by atoms with van der Waals surface area (Å²) in [6, 6.07) is 6.07. The monoisotopic (exact) mass is 304 g/mol. The number of hydrogen-bond donors (Lipinski definition) is 1. The topological polar surface area (TPSA) is 87.2 Å². The number of nitrogens with zero attached hydrogens (tertiary/aromatic N) is 2. The maximum Gasteiger partial charge on any atom is 0.262 e. The molecule has 2 aliphatic heterocycles. The highest BCUT2D eigenvalue weighted by Crippen LogP contribution is 2.22. The lowest BCUT2D eigenvalue weighted by molar-refractivity contribution is -0.141. The summed E-state index contributed by atoms with van der Waals surface area (Å²) < 4.78 is 5.21. The molecule has 0 radical (unpaired) electrons. The molecular formula is C15H16N2O5. The van der Waals surface area contributed by atoms with Gasteiger partial charge in [-0.3, -0.25) is 19.3 Å². The number of morpholine rings is 1. The van der Waals surface area contributed by atoms with Gasteiger partial charge in [0.05, 0.1) is 37.0 Å². The Morgan fingerprint density at radius 3 is 2.45 bits per heavy atom. The average molecular weight is 304 g/mol. The van der Waals surface area contributed by atoms with E-state index in [0.29, 0.717) is 24.3 Å². The van der Waals surface area contributed by atoms with Crippen LogP contribution in [0.2, 0.25) is 0 Å². The van der Waals surface area contributed by atoms with Gasteiger partial charge in [0, 0.05) is 6.54 Å². The first-order valence-electron chi connectivity index (χ1n) is 7.06. The van der Waals surface area contributed by atoms with E-state index in [1.807, 2.05) is 0 Å². The van der Waals surface area contributed by atoms with Crippen LogP contribution in [-0.4, -0.2) is 71.6 Å². The molecule has 1 fully saturated rings. The predicted octanol–water partition coefficient (Wildman–Crippen LogP) is -0.498. The normalized spacial score (nSPS) is 21.2. The summed E-state index contributed by atoms with van der Waals surface area (Å²) in [5, 5.41) is 9.30. The molecule has 0 spiro atoms. The molecule has 0 aliphatic carbocycles. The quantitative estimate of drug-likeness (QED) is 0.761. The molecule has 2 aliphatic rings. The van der Waals surface area contributed by atoms with Crippen molar-refractivity contribution in [3.05, 3.63) is 35.4 Å². The maximum absolute atomic E-state index is 12.4. The van der Waals surface area contributed by atoms with Crippen molar-refractivity contribution in [2.45, 2.75) is 6.04 Å². The first-order valence-corrected chi connectivity index (χ1v) is 7.06. The van der Waals surface area contributed by atoms with E-state index in [2.05, 4.69) is 0 Å². The molecule has 0 saturated carbocycles. The van der Waals surface area contributed by atoms with Gasteiger partial charge in [-0.1, -0.05) is 12.1 Å².